The summed E-state index contributed by atoms with van der Waals surface area (Å²) in [5.74, 6) is 1.44. The van der Waals surface area contributed by atoms with E-state index in [2.05, 4.69) is 6.92 Å². The molecule has 0 heterocycles. The molecule has 0 spiro atoms. The van der Waals surface area contributed by atoms with Gasteiger partial charge in [0.25, 0.3) is 0 Å². The van der Waals surface area contributed by atoms with E-state index in [-0.39, 0.29) is 0 Å². The van der Waals surface area contributed by atoms with E-state index in [9.17, 15) is 5.11 Å². The molecule has 2 heteroatoms. The van der Waals surface area contributed by atoms with Crippen molar-refractivity contribution in [3.63, 3.8) is 0 Å². The average molecular weight is 206 g/mol. The Kier molecular flexibility index (Phi) is 2.70. The number of aliphatic hydroxyl groups is 1. The number of hydrogen-bond donors (Lipinski definition) is 1. The number of rotatable bonds is 3. The predicted molar refractivity (Wildman–Crippen MR) is 59.9 cm³/mol. The summed E-state index contributed by atoms with van der Waals surface area (Å²) in [5.41, 5.74) is 0.301. The van der Waals surface area contributed by atoms with Crippen LogP contribution in [0, 0.1) is 5.92 Å². The third kappa shape index (κ3) is 1.86. The lowest BCUT2D eigenvalue weighted by Gasteiger charge is -2.43. The fourth-order valence-corrected chi connectivity index (χ4v) is 2.45. The quantitative estimate of drug-likeness (QED) is 0.824. The van der Waals surface area contributed by atoms with E-state index < -0.39 is 5.60 Å². The Morgan fingerprint density at radius 1 is 1.40 bits per heavy atom. The maximum atomic E-state index is 10.4. The Bertz CT molecular complexity index is 340. The lowest BCUT2D eigenvalue weighted by Crippen LogP contribution is -2.40. The molecule has 1 aromatic rings. The maximum absolute atomic E-state index is 10.4. The molecular formula is C13H18O2. The summed E-state index contributed by atoms with van der Waals surface area (Å²) in [5, 5.41) is 10.4. The molecule has 0 radical (unpaired) electrons. The Morgan fingerprint density at radius 2 is 2.07 bits per heavy atom. The summed E-state index contributed by atoms with van der Waals surface area (Å²) >= 11 is 0. The predicted octanol–water partition coefficient (Wildman–Crippen LogP) is 2.70. The third-order valence-electron chi connectivity index (χ3n) is 3.06. The standard InChI is InChI=1S/C13H18O2/c1-3-15-12-7-5-4-6-11(12)13(14)8-10(2)9-13/h4-7,10,14H,3,8-9H2,1-2H3. The van der Waals surface area contributed by atoms with Crippen molar-refractivity contribution < 1.29 is 9.84 Å². The molecule has 0 saturated heterocycles. The van der Waals surface area contributed by atoms with Gasteiger partial charge >= 0.3 is 0 Å². The molecule has 1 aliphatic carbocycles. The molecule has 15 heavy (non-hydrogen) atoms. The fourth-order valence-electron chi connectivity index (χ4n) is 2.45. The first kappa shape index (κ1) is 10.5. The number of para-hydroxylation sites is 1. The van der Waals surface area contributed by atoms with Crippen LogP contribution in [0.3, 0.4) is 0 Å². The van der Waals surface area contributed by atoms with Crippen LogP contribution >= 0.6 is 0 Å². The van der Waals surface area contributed by atoms with Crippen LogP contribution in [0.15, 0.2) is 24.3 Å². The zero-order chi connectivity index (χ0) is 10.9. The smallest absolute Gasteiger partial charge is 0.125 e. The second kappa shape index (κ2) is 3.86. The van der Waals surface area contributed by atoms with Crippen LogP contribution in [0.2, 0.25) is 0 Å². The van der Waals surface area contributed by atoms with Gasteiger partial charge in [0.05, 0.1) is 12.2 Å². The molecule has 2 rings (SSSR count). The molecular weight excluding hydrogens is 188 g/mol. The number of hydrogen-bond acceptors (Lipinski definition) is 2. The van der Waals surface area contributed by atoms with Crippen molar-refractivity contribution in [3.05, 3.63) is 29.8 Å². The lowest BCUT2D eigenvalue weighted by molar-refractivity contribution is -0.0753. The van der Waals surface area contributed by atoms with Crippen molar-refractivity contribution in [3.8, 4) is 5.75 Å². The molecule has 0 unspecified atom stereocenters. The van der Waals surface area contributed by atoms with Crippen LogP contribution in [0.25, 0.3) is 0 Å². The molecule has 1 aromatic carbocycles. The van der Waals surface area contributed by atoms with Crippen molar-refractivity contribution in [2.24, 2.45) is 5.92 Å². The third-order valence-corrected chi connectivity index (χ3v) is 3.06. The zero-order valence-corrected chi connectivity index (χ0v) is 9.36. The fraction of sp³-hybridized carbons (Fsp3) is 0.538. The van der Waals surface area contributed by atoms with Gasteiger partial charge < -0.3 is 9.84 Å². The van der Waals surface area contributed by atoms with E-state index in [0.717, 1.165) is 24.2 Å². The molecule has 1 saturated carbocycles. The summed E-state index contributed by atoms with van der Waals surface area (Å²) < 4.78 is 5.53. The Labute approximate surface area is 90.9 Å². The SMILES string of the molecule is CCOc1ccccc1C1(O)CC(C)C1. The van der Waals surface area contributed by atoms with Crippen molar-refractivity contribution in [2.75, 3.05) is 6.61 Å². The monoisotopic (exact) mass is 206 g/mol. The van der Waals surface area contributed by atoms with E-state index in [0.29, 0.717) is 12.5 Å². The topological polar surface area (TPSA) is 29.5 Å². The summed E-state index contributed by atoms with van der Waals surface area (Å²) in [4.78, 5) is 0. The van der Waals surface area contributed by atoms with Crippen LogP contribution in [-0.2, 0) is 5.60 Å². The Hall–Kier alpha value is -1.02. The molecule has 0 bridgehead atoms. The number of benzene rings is 1. The van der Waals surface area contributed by atoms with Crippen molar-refractivity contribution in [1.29, 1.82) is 0 Å². The van der Waals surface area contributed by atoms with Crippen molar-refractivity contribution >= 4 is 0 Å². The van der Waals surface area contributed by atoms with E-state index in [1.165, 1.54) is 0 Å². The van der Waals surface area contributed by atoms with Crippen LogP contribution in [0.1, 0.15) is 32.3 Å². The first-order valence-electron chi connectivity index (χ1n) is 5.60. The molecule has 0 aromatic heterocycles. The van der Waals surface area contributed by atoms with E-state index in [4.69, 9.17) is 4.74 Å². The molecule has 1 aliphatic rings. The van der Waals surface area contributed by atoms with Gasteiger partial charge in [0.2, 0.25) is 0 Å². The molecule has 1 N–H and O–H groups in total. The highest BCUT2D eigenvalue weighted by Crippen LogP contribution is 2.48. The van der Waals surface area contributed by atoms with Crippen LogP contribution in [-0.4, -0.2) is 11.7 Å². The van der Waals surface area contributed by atoms with Gasteiger partial charge in [0.15, 0.2) is 0 Å². The van der Waals surface area contributed by atoms with Gasteiger partial charge in [-0.1, -0.05) is 25.1 Å². The van der Waals surface area contributed by atoms with Crippen LogP contribution in [0.5, 0.6) is 5.75 Å². The minimum absolute atomic E-state index is 0.615. The largest absolute Gasteiger partial charge is 0.493 e. The van der Waals surface area contributed by atoms with E-state index in [1.807, 2.05) is 31.2 Å². The minimum Gasteiger partial charge on any atom is -0.493 e. The zero-order valence-electron chi connectivity index (χ0n) is 9.36. The molecule has 0 aliphatic heterocycles. The first-order valence-corrected chi connectivity index (χ1v) is 5.60. The highest BCUT2D eigenvalue weighted by Gasteiger charge is 2.43. The molecule has 2 nitrogen and oxygen atoms in total. The van der Waals surface area contributed by atoms with Gasteiger partial charge in [-0.2, -0.15) is 0 Å². The van der Waals surface area contributed by atoms with E-state index in [1.54, 1.807) is 0 Å². The minimum atomic E-state index is -0.648. The van der Waals surface area contributed by atoms with Gasteiger partial charge in [-0.25, -0.2) is 0 Å². The van der Waals surface area contributed by atoms with Crippen LogP contribution in [0.4, 0.5) is 0 Å². The van der Waals surface area contributed by atoms with Gasteiger partial charge in [-0.05, 0) is 31.7 Å². The maximum Gasteiger partial charge on any atom is 0.125 e. The van der Waals surface area contributed by atoms with Crippen molar-refractivity contribution in [2.45, 2.75) is 32.3 Å². The van der Waals surface area contributed by atoms with E-state index >= 15 is 0 Å². The summed E-state index contributed by atoms with van der Waals surface area (Å²) in [6, 6.07) is 7.80. The lowest BCUT2D eigenvalue weighted by atomic mass is 9.68. The second-order valence-corrected chi connectivity index (χ2v) is 4.47. The highest BCUT2D eigenvalue weighted by molar-refractivity contribution is 5.39. The second-order valence-electron chi connectivity index (χ2n) is 4.47. The van der Waals surface area contributed by atoms with Crippen molar-refractivity contribution in [1.82, 2.24) is 0 Å². The summed E-state index contributed by atoms with van der Waals surface area (Å²) in [7, 11) is 0. The molecule has 0 amide bonds. The van der Waals surface area contributed by atoms with Gasteiger partial charge in [0, 0.05) is 5.56 Å². The first-order chi connectivity index (χ1) is 7.15. The Morgan fingerprint density at radius 3 is 2.67 bits per heavy atom. The normalized spacial score (nSPS) is 29.7. The molecule has 0 atom stereocenters. The van der Waals surface area contributed by atoms with Gasteiger partial charge in [0.1, 0.15) is 5.75 Å². The number of ether oxygens (including phenoxy) is 1. The molecule has 1 fully saturated rings. The van der Waals surface area contributed by atoms with Gasteiger partial charge in [-0.3, -0.25) is 0 Å². The summed E-state index contributed by atoms with van der Waals surface area (Å²) in [6.07, 6.45) is 1.69. The van der Waals surface area contributed by atoms with Crippen LogP contribution < -0.4 is 4.74 Å². The summed E-state index contributed by atoms with van der Waals surface area (Å²) in [6.45, 7) is 4.77. The highest BCUT2D eigenvalue weighted by atomic mass is 16.5. The average Bonchev–Trinajstić information content (AvgIpc) is 2.17. The van der Waals surface area contributed by atoms with Gasteiger partial charge in [-0.15, -0.1) is 0 Å². The molecule has 82 valence electrons. The Balaban J connectivity index is 2.27.